The Morgan fingerprint density at radius 1 is 1.26 bits per heavy atom. The molecule has 0 saturated heterocycles. The van der Waals surface area contributed by atoms with Crippen molar-refractivity contribution in [2.45, 2.75) is 57.2 Å². The van der Waals surface area contributed by atoms with Gasteiger partial charge in [-0.2, -0.15) is 0 Å². The first-order valence-electron chi connectivity index (χ1n) is 9.09. The van der Waals surface area contributed by atoms with E-state index in [-0.39, 0.29) is 18.6 Å². The van der Waals surface area contributed by atoms with Crippen molar-refractivity contribution < 1.29 is 19.5 Å². The second kappa shape index (κ2) is 9.70. The number of carbonyl (C=O) groups is 3. The highest BCUT2D eigenvalue weighted by Gasteiger charge is 2.31. The molecule has 0 fully saturated rings. The summed E-state index contributed by atoms with van der Waals surface area (Å²) in [6.07, 6.45) is 2.49. The van der Waals surface area contributed by atoms with Crippen LogP contribution in [0.15, 0.2) is 35.3 Å². The van der Waals surface area contributed by atoms with Crippen molar-refractivity contribution in [2.75, 3.05) is 0 Å². The average Bonchev–Trinajstić information content (AvgIpc) is 2.65. The van der Waals surface area contributed by atoms with Gasteiger partial charge < -0.3 is 21.5 Å². The molecule has 0 aromatic heterocycles. The summed E-state index contributed by atoms with van der Waals surface area (Å²) in [5, 5.41) is 14.5. The number of amides is 2. The van der Waals surface area contributed by atoms with Gasteiger partial charge in [-0.3, -0.25) is 9.79 Å². The molecule has 3 unspecified atom stereocenters. The Morgan fingerprint density at radius 3 is 2.56 bits per heavy atom. The van der Waals surface area contributed by atoms with E-state index in [9.17, 15) is 19.5 Å². The predicted octanol–water partition coefficient (Wildman–Crippen LogP) is 1.24. The van der Waals surface area contributed by atoms with Crippen LogP contribution in [0, 0.1) is 0 Å². The number of hydrogen-bond donors (Lipinski definition) is 4. The van der Waals surface area contributed by atoms with Crippen LogP contribution in [0.3, 0.4) is 0 Å². The largest absolute Gasteiger partial charge is 0.480 e. The normalized spacial score (nSPS) is 18.7. The maximum atomic E-state index is 12.4. The van der Waals surface area contributed by atoms with Crippen molar-refractivity contribution in [3.63, 3.8) is 0 Å². The lowest BCUT2D eigenvalue weighted by molar-refractivity contribution is -0.139. The number of carboxylic acids is 1. The van der Waals surface area contributed by atoms with Gasteiger partial charge in [0.2, 0.25) is 0 Å². The van der Waals surface area contributed by atoms with Crippen LogP contribution in [-0.2, 0) is 16.0 Å². The second-order valence-electron chi connectivity index (χ2n) is 6.58. The number of rotatable bonds is 8. The molecule has 1 aromatic carbocycles. The van der Waals surface area contributed by atoms with Gasteiger partial charge >= 0.3 is 12.0 Å². The van der Waals surface area contributed by atoms with Gasteiger partial charge in [0.1, 0.15) is 12.1 Å². The third-order valence-electron chi connectivity index (χ3n) is 4.52. The summed E-state index contributed by atoms with van der Waals surface area (Å²) in [4.78, 5) is 40.5. The number of urea groups is 1. The van der Waals surface area contributed by atoms with Gasteiger partial charge in [-0.05, 0) is 18.4 Å². The fourth-order valence-corrected chi connectivity index (χ4v) is 3.08. The Balaban J connectivity index is 2.05. The summed E-state index contributed by atoms with van der Waals surface area (Å²) in [6.45, 7) is 1.71. The molecular formula is C19H26N4O4. The average molecular weight is 374 g/mol. The molecule has 2 amide bonds. The molecule has 8 heteroatoms. The summed E-state index contributed by atoms with van der Waals surface area (Å²) in [5.41, 5.74) is 6.56. The number of Topliss-reactive ketones (excluding diaryl/α,β-unsaturated/α-hetero) is 1. The zero-order valence-corrected chi connectivity index (χ0v) is 15.4. The van der Waals surface area contributed by atoms with Crippen molar-refractivity contribution in [3.8, 4) is 0 Å². The van der Waals surface area contributed by atoms with Crippen LogP contribution >= 0.6 is 0 Å². The van der Waals surface area contributed by atoms with Gasteiger partial charge in [-0.25, -0.2) is 9.59 Å². The molecule has 1 aromatic rings. The topological polar surface area (TPSA) is 134 Å². The molecule has 1 aliphatic rings. The lowest BCUT2D eigenvalue weighted by Gasteiger charge is -2.27. The summed E-state index contributed by atoms with van der Waals surface area (Å²) >= 11 is 0. The summed E-state index contributed by atoms with van der Waals surface area (Å²) < 4.78 is 0. The van der Waals surface area contributed by atoms with E-state index < -0.39 is 30.1 Å². The van der Waals surface area contributed by atoms with Gasteiger partial charge in [-0.15, -0.1) is 0 Å². The van der Waals surface area contributed by atoms with E-state index in [4.69, 9.17) is 5.73 Å². The molecule has 146 valence electrons. The second-order valence-corrected chi connectivity index (χ2v) is 6.58. The first-order valence-corrected chi connectivity index (χ1v) is 9.09. The number of benzene rings is 1. The highest BCUT2D eigenvalue weighted by atomic mass is 16.4. The quantitative estimate of drug-likeness (QED) is 0.543. The Labute approximate surface area is 158 Å². The van der Waals surface area contributed by atoms with E-state index >= 15 is 0 Å². The molecule has 0 aliphatic carbocycles. The van der Waals surface area contributed by atoms with Gasteiger partial charge in [0, 0.05) is 19.3 Å². The van der Waals surface area contributed by atoms with E-state index in [0.29, 0.717) is 18.7 Å². The molecule has 0 spiro atoms. The minimum atomic E-state index is -1.15. The van der Waals surface area contributed by atoms with Crippen LogP contribution in [0.4, 0.5) is 4.79 Å². The van der Waals surface area contributed by atoms with Crippen molar-refractivity contribution in [1.29, 1.82) is 0 Å². The fourth-order valence-electron chi connectivity index (χ4n) is 3.08. The standard InChI is InChI=1S/C19H26N4O4/c1-2-15(24)17(13-9-6-10-16(20)21-13)23-19(27)22-14(18(25)26)11-12-7-4-3-5-8-12/h3-5,7-8,13-14,17H,2,6,9-11H2,1H3,(H2,20,21)(H,25,26)(H2,22,23,27). The van der Waals surface area contributed by atoms with Crippen molar-refractivity contribution >= 4 is 23.6 Å². The van der Waals surface area contributed by atoms with E-state index in [2.05, 4.69) is 15.6 Å². The molecule has 0 radical (unpaired) electrons. The SMILES string of the molecule is CCC(=O)C(NC(=O)NC(Cc1ccccc1)C(=O)O)C1CCCC(N)=N1. The van der Waals surface area contributed by atoms with Crippen LogP contribution < -0.4 is 16.4 Å². The van der Waals surface area contributed by atoms with Crippen LogP contribution in [0.1, 0.15) is 38.2 Å². The van der Waals surface area contributed by atoms with Crippen LogP contribution in [-0.4, -0.2) is 46.9 Å². The van der Waals surface area contributed by atoms with Crippen molar-refractivity contribution in [2.24, 2.45) is 10.7 Å². The van der Waals surface area contributed by atoms with E-state index in [0.717, 1.165) is 12.0 Å². The lowest BCUT2D eigenvalue weighted by Crippen LogP contribution is -2.55. The molecule has 1 heterocycles. The number of carboxylic acid groups (broad SMARTS) is 1. The number of aliphatic imine (C=N–C) groups is 1. The van der Waals surface area contributed by atoms with Crippen molar-refractivity contribution in [1.82, 2.24) is 10.6 Å². The smallest absolute Gasteiger partial charge is 0.326 e. The predicted molar refractivity (Wildman–Crippen MR) is 102 cm³/mol. The van der Waals surface area contributed by atoms with Crippen molar-refractivity contribution in [3.05, 3.63) is 35.9 Å². The highest BCUT2D eigenvalue weighted by Crippen LogP contribution is 2.16. The molecular weight excluding hydrogens is 348 g/mol. The van der Waals surface area contributed by atoms with Gasteiger partial charge in [0.25, 0.3) is 0 Å². The van der Waals surface area contributed by atoms with Gasteiger partial charge in [0.15, 0.2) is 5.78 Å². The zero-order valence-electron chi connectivity index (χ0n) is 15.4. The lowest BCUT2D eigenvalue weighted by atomic mass is 9.95. The number of nitrogens with two attached hydrogens (primary N) is 1. The number of ketones is 1. The van der Waals surface area contributed by atoms with E-state index in [1.807, 2.05) is 6.07 Å². The van der Waals surface area contributed by atoms with Crippen LogP contribution in [0.5, 0.6) is 0 Å². The summed E-state index contributed by atoms with van der Waals surface area (Å²) in [7, 11) is 0. The Hall–Kier alpha value is -2.90. The minimum Gasteiger partial charge on any atom is -0.480 e. The van der Waals surface area contributed by atoms with E-state index in [1.165, 1.54) is 0 Å². The molecule has 0 saturated carbocycles. The Kier molecular flexibility index (Phi) is 7.34. The minimum absolute atomic E-state index is 0.143. The maximum Gasteiger partial charge on any atom is 0.326 e. The third kappa shape index (κ3) is 6.09. The van der Waals surface area contributed by atoms with Gasteiger partial charge in [0.05, 0.1) is 11.9 Å². The van der Waals surface area contributed by atoms with E-state index in [1.54, 1.807) is 31.2 Å². The first-order chi connectivity index (χ1) is 12.9. The van der Waals surface area contributed by atoms with Crippen LogP contribution in [0.25, 0.3) is 0 Å². The molecule has 8 nitrogen and oxygen atoms in total. The number of hydrogen-bond acceptors (Lipinski definition) is 5. The number of amidine groups is 1. The Morgan fingerprint density at radius 2 is 1.96 bits per heavy atom. The number of nitrogens with zero attached hydrogens (tertiary/aromatic N) is 1. The molecule has 1 aliphatic heterocycles. The highest BCUT2D eigenvalue weighted by molar-refractivity contribution is 5.91. The fraction of sp³-hybridized carbons (Fsp3) is 0.474. The molecule has 5 N–H and O–H groups in total. The zero-order chi connectivity index (χ0) is 19.8. The third-order valence-corrected chi connectivity index (χ3v) is 4.52. The molecule has 3 atom stereocenters. The summed E-state index contributed by atoms with van der Waals surface area (Å²) in [5.74, 6) is -0.842. The number of aliphatic carboxylic acids is 1. The maximum absolute atomic E-state index is 12.4. The number of carbonyl (C=O) groups excluding carboxylic acids is 2. The number of nitrogens with one attached hydrogen (secondary N) is 2. The molecule has 27 heavy (non-hydrogen) atoms. The monoisotopic (exact) mass is 374 g/mol. The van der Waals surface area contributed by atoms with Gasteiger partial charge in [-0.1, -0.05) is 37.3 Å². The first kappa shape index (κ1) is 20.4. The summed E-state index contributed by atoms with van der Waals surface area (Å²) in [6, 6.07) is 5.96. The Bertz CT molecular complexity index is 705. The molecule has 0 bridgehead atoms. The van der Waals surface area contributed by atoms with Crippen LogP contribution in [0.2, 0.25) is 0 Å². The molecule has 2 rings (SSSR count).